The largest absolute Gasteiger partial charge is 0.497 e. The summed E-state index contributed by atoms with van der Waals surface area (Å²) in [6.07, 6.45) is 1.28. The Kier molecular flexibility index (Phi) is 10.1. The van der Waals surface area contributed by atoms with E-state index in [1.54, 1.807) is 55.5 Å². The molecule has 3 aromatic carbocycles. The second-order valence-corrected chi connectivity index (χ2v) is 11.1. The van der Waals surface area contributed by atoms with Crippen molar-refractivity contribution in [3.63, 3.8) is 0 Å². The van der Waals surface area contributed by atoms with Crippen molar-refractivity contribution < 1.29 is 36.7 Å². The average Bonchev–Trinajstić information content (AvgIpc) is 3.49. The third-order valence-electron chi connectivity index (χ3n) is 6.10. The summed E-state index contributed by atoms with van der Waals surface area (Å²) in [7, 11) is -2.73. The molecule has 4 aromatic rings. The van der Waals surface area contributed by atoms with Crippen molar-refractivity contribution >= 4 is 45.4 Å². The number of sulfonamides is 1. The number of esters is 1. The Labute approximate surface area is 254 Å². The van der Waals surface area contributed by atoms with Gasteiger partial charge in [-0.2, -0.15) is 5.10 Å². The number of hydrazone groups is 1. The van der Waals surface area contributed by atoms with Gasteiger partial charge in [0.05, 0.1) is 36.1 Å². The van der Waals surface area contributed by atoms with Crippen LogP contribution in [0.15, 0.2) is 99.3 Å². The number of rotatable bonds is 12. The summed E-state index contributed by atoms with van der Waals surface area (Å²) in [4.78, 5) is 36.0. The van der Waals surface area contributed by atoms with E-state index in [1.807, 2.05) is 0 Å². The number of nitrogens with one attached hydrogen (secondary N) is 2. The van der Waals surface area contributed by atoms with Gasteiger partial charge >= 0.3 is 5.97 Å². The van der Waals surface area contributed by atoms with E-state index in [0.717, 1.165) is 4.31 Å². The summed E-state index contributed by atoms with van der Waals surface area (Å²) >= 11 is 0. The minimum Gasteiger partial charge on any atom is -0.497 e. The fourth-order valence-corrected chi connectivity index (χ4v) is 5.42. The number of hydrogen-bond donors (Lipinski definition) is 2. The molecular formula is C31H30N4O8S. The molecule has 4 rings (SSSR count). The van der Waals surface area contributed by atoms with Crippen LogP contribution in [0.3, 0.4) is 0 Å². The number of ether oxygens (including phenoxy) is 2. The van der Waals surface area contributed by atoms with Crippen LogP contribution < -0.4 is 19.8 Å². The summed E-state index contributed by atoms with van der Waals surface area (Å²) in [5.74, 6) is -0.0824. The van der Waals surface area contributed by atoms with Gasteiger partial charge in [0.15, 0.2) is 0 Å². The topological polar surface area (TPSA) is 157 Å². The van der Waals surface area contributed by atoms with Crippen molar-refractivity contribution in [1.82, 2.24) is 5.43 Å². The quantitative estimate of drug-likeness (QED) is 0.134. The smallest absolute Gasteiger partial charge is 0.338 e. The van der Waals surface area contributed by atoms with Gasteiger partial charge in [0.25, 0.3) is 15.9 Å². The van der Waals surface area contributed by atoms with Crippen LogP contribution in [0.1, 0.15) is 30.0 Å². The standard InChI is InChI=1S/C31H30N4O8S/c1-4-42-31(38)23-7-5-22(6-8-23)29-18-15-27(43-29)19-32-34-30(37)20-35(25-11-13-26(41-3)14-12-25)44(39,40)28-16-9-24(10-17-28)33-21(2)36/h5-19H,4,20H2,1-3H3,(H,33,36)(H,34,37)/b32-19-. The second-order valence-electron chi connectivity index (χ2n) is 9.21. The number of nitrogens with zero attached hydrogens (tertiary/aromatic N) is 2. The molecule has 0 saturated carbocycles. The number of benzene rings is 3. The van der Waals surface area contributed by atoms with Crippen LogP contribution in [0.2, 0.25) is 0 Å². The molecule has 0 saturated heterocycles. The number of carbonyl (C=O) groups excluding carboxylic acids is 3. The van der Waals surface area contributed by atoms with E-state index in [4.69, 9.17) is 13.9 Å². The molecule has 0 unspecified atom stereocenters. The zero-order valence-electron chi connectivity index (χ0n) is 24.1. The van der Waals surface area contributed by atoms with Crippen LogP contribution in [0.5, 0.6) is 5.75 Å². The highest BCUT2D eigenvalue weighted by atomic mass is 32.2. The zero-order valence-corrected chi connectivity index (χ0v) is 25.0. The normalized spacial score (nSPS) is 11.2. The predicted molar refractivity (Wildman–Crippen MR) is 164 cm³/mol. The van der Waals surface area contributed by atoms with E-state index in [0.29, 0.717) is 34.1 Å². The van der Waals surface area contributed by atoms with Gasteiger partial charge in [-0.15, -0.1) is 0 Å². The van der Waals surface area contributed by atoms with Crippen LogP contribution in [0.25, 0.3) is 11.3 Å². The van der Waals surface area contributed by atoms with E-state index in [9.17, 15) is 22.8 Å². The molecule has 0 aliphatic rings. The molecule has 0 fully saturated rings. The van der Waals surface area contributed by atoms with Crippen molar-refractivity contribution in [3.05, 3.63) is 96.3 Å². The highest BCUT2D eigenvalue weighted by Crippen LogP contribution is 2.27. The maximum atomic E-state index is 13.6. The van der Waals surface area contributed by atoms with Crippen molar-refractivity contribution in [3.8, 4) is 17.1 Å². The monoisotopic (exact) mass is 618 g/mol. The van der Waals surface area contributed by atoms with E-state index < -0.39 is 28.4 Å². The van der Waals surface area contributed by atoms with Gasteiger partial charge in [0, 0.05) is 18.2 Å². The number of furan rings is 1. The van der Waals surface area contributed by atoms with Gasteiger partial charge in [-0.3, -0.25) is 13.9 Å². The Morgan fingerprint density at radius 3 is 2.23 bits per heavy atom. The Bertz CT molecular complexity index is 1750. The number of amides is 2. The number of methoxy groups -OCH3 is 1. The molecule has 0 radical (unpaired) electrons. The highest BCUT2D eigenvalue weighted by Gasteiger charge is 2.27. The molecule has 0 spiro atoms. The Morgan fingerprint density at radius 2 is 1.61 bits per heavy atom. The van der Waals surface area contributed by atoms with Crippen molar-refractivity contribution in [2.24, 2.45) is 5.10 Å². The summed E-state index contributed by atoms with van der Waals surface area (Å²) in [6.45, 7) is 2.77. The zero-order chi connectivity index (χ0) is 31.7. The van der Waals surface area contributed by atoms with Gasteiger partial charge in [0.2, 0.25) is 5.91 Å². The van der Waals surface area contributed by atoms with Gasteiger partial charge in [-0.05, 0) is 79.7 Å². The Hall–Kier alpha value is -5.43. The molecule has 44 heavy (non-hydrogen) atoms. The minimum atomic E-state index is -4.21. The summed E-state index contributed by atoms with van der Waals surface area (Å²) in [6, 6.07) is 21.8. The molecule has 0 bridgehead atoms. The molecule has 0 atom stereocenters. The first-order valence-corrected chi connectivity index (χ1v) is 14.8. The van der Waals surface area contributed by atoms with Gasteiger partial charge in [0.1, 0.15) is 23.8 Å². The lowest BCUT2D eigenvalue weighted by atomic mass is 10.1. The van der Waals surface area contributed by atoms with E-state index in [-0.39, 0.29) is 23.1 Å². The van der Waals surface area contributed by atoms with Crippen molar-refractivity contribution in [2.75, 3.05) is 29.9 Å². The third kappa shape index (κ3) is 7.89. The van der Waals surface area contributed by atoms with Crippen molar-refractivity contribution in [2.45, 2.75) is 18.7 Å². The first-order valence-electron chi connectivity index (χ1n) is 13.3. The van der Waals surface area contributed by atoms with Crippen LogP contribution in [-0.4, -0.2) is 52.7 Å². The second kappa shape index (κ2) is 14.2. The van der Waals surface area contributed by atoms with Gasteiger partial charge in [-0.25, -0.2) is 18.6 Å². The summed E-state index contributed by atoms with van der Waals surface area (Å²) in [5.41, 5.74) is 4.11. The highest BCUT2D eigenvalue weighted by molar-refractivity contribution is 7.92. The first-order chi connectivity index (χ1) is 21.1. The maximum absolute atomic E-state index is 13.6. The SMILES string of the molecule is CCOC(=O)c1ccc(-c2ccc(/C=N\NC(=O)CN(c3ccc(OC)cc3)S(=O)(=O)c3ccc(NC(C)=O)cc3)o2)cc1. The van der Waals surface area contributed by atoms with E-state index in [2.05, 4.69) is 15.8 Å². The number of anilines is 2. The molecule has 13 heteroatoms. The van der Waals surface area contributed by atoms with Crippen LogP contribution in [-0.2, 0) is 24.3 Å². The molecule has 0 aliphatic carbocycles. The Balaban J connectivity index is 1.47. The van der Waals surface area contributed by atoms with Gasteiger partial charge < -0.3 is 19.2 Å². The molecule has 1 heterocycles. The van der Waals surface area contributed by atoms with E-state index >= 15 is 0 Å². The third-order valence-corrected chi connectivity index (χ3v) is 7.89. The summed E-state index contributed by atoms with van der Waals surface area (Å²) < 4.78 is 44.1. The number of hydrogen-bond acceptors (Lipinski definition) is 9. The van der Waals surface area contributed by atoms with Gasteiger partial charge in [-0.1, -0.05) is 12.1 Å². The van der Waals surface area contributed by atoms with Crippen molar-refractivity contribution in [1.29, 1.82) is 0 Å². The minimum absolute atomic E-state index is 0.0860. The van der Waals surface area contributed by atoms with Crippen LogP contribution >= 0.6 is 0 Å². The first kappa shape index (κ1) is 31.5. The molecule has 12 nitrogen and oxygen atoms in total. The maximum Gasteiger partial charge on any atom is 0.338 e. The predicted octanol–water partition coefficient (Wildman–Crippen LogP) is 4.44. The molecule has 1 aromatic heterocycles. The molecule has 228 valence electrons. The Morgan fingerprint density at radius 1 is 0.932 bits per heavy atom. The summed E-state index contributed by atoms with van der Waals surface area (Å²) in [5, 5.41) is 6.49. The lowest BCUT2D eigenvalue weighted by molar-refractivity contribution is -0.119. The number of carbonyl (C=O) groups is 3. The molecule has 2 amide bonds. The fourth-order valence-electron chi connectivity index (χ4n) is 4.00. The lowest BCUT2D eigenvalue weighted by Crippen LogP contribution is -2.39. The van der Waals surface area contributed by atoms with E-state index in [1.165, 1.54) is 56.6 Å². The molecule has 2 N–H and O–H groups in total. The molecule has 0 aliphatic heterocycles. The van der Waals surface area contributed by atoms with Crippen LogP contribution in [0.4, 0.5) is 11.4 Å². The average molecular weight is 619 g/mol. The lowest BCUT2D eigenvalue weighted by Gasteiger charge is -2.24. The molecular weight excluding hydrogens is 588 g/mol. The fraction of sp³-hybridized carbons (Fsp3) is 0.161. The van der Waals surface area contributed by atoms with Crippen LogP contribution in [0, 0.1) is 0 Å².